The summed E-state index contributed by atoms with van der Waals surface area (Å²) in [7, 11) is 1.31. The van der Waals surface area contributed by atoms with Gasteiger partial charge in [0.25, 0.3) is 7.82 Å². The molecule has 8 nitrogen and oxygen atoms in total. The Morgan fingerprint density at radius 1 is 0.620 bits per heavy atom. The number of nitrogens with one attached hydrogen (secondary N) is 1. The average Bonchev–Trinajstić information content (AvgIpc) is 3.06. The molecule has 0 spiro atoms. The SMILES string of the molecule is CCCCCCCCCCCCCCCCCCCCCCCCC(O)C(COP(=O)([O-])OCC[N+](C)(C)C)NC(=O)CCCCCCCC. The van der Waals surface area contributed by atoms with Crippen LogP contribution in [0, 0.1) is 0 Å². The molecule has 1 amide bonds. The Bertz CT molecular complexity index is 794. The van der Waals surface area contributed by atoms with Crippen LogP contribution in [0.1, 0.15) is 206 Å². The van der Waals surface area contributed by atoms with Crippen molar-refractivity contribution in [1.82, 2.24) is 5.32 Å². The molecule has 3 atom stereocenters. The average molecular weight is 733 g/mol. The normalized spacial score (nSPS) is 14.5. The fraction of sp³-hybridized carbons (Fsp3) is 0.976. The predicted molar refractivity (Wildman–Crippen MR) is 210 cm³/mol. The van der Waals surface area contributed by atoms with E-state index in [0.29, 0.717) is 23.9 Å². The molecule has 0 heterocycles. The Kier molecular flexibility index (Phi) is 33.9. The first kappa shape index (κ1) is 49.5. The molecule has 0 saturated carbocycles. The summed E-state index contributed by atoms with van der Waals surface area (Å²) in [4.78, 5) is 25.0. The Balaban J connectivity index is 4.10. The summed E-state index contributed by atoms with van der Waals surface area (Å²) < 4.78 is 23.1. The molecule has 0 aromatic heterocycles. The minimum Gasteiger partial charge on any atom is -0.756 e. The van der Waals surface area contributed by atoms with Gasteiger partial charge in [-0.1, -0.05) is 187 Å². The van der Waals surface area contributed by atoms with E-state index in [4.69, 9.17) is 9.05 Å². The topological polar surface area (TPSA) is 108 Å². The number of amides is 1. The summed E-state index contributed by atoms with van der Waals surface area (Å²) in [5.41, 5.74) is 0. The van der Waals surface area contributed by atoms with Gasteiger partial charge in [0.1, 0.15) is 13.2 Å². The van der Waals surface area contributed by atoms with Gasteiger partial charge in [-0.25, -0.2) is 0 Å². The first-order valence-corrected chi connectivity index (χ1v) is 22.8. The van der Waals surface area contributed by atoms with Crippen LogP contribution in [-0.4, -0.2) is 68.5 Å². The van der Waals surface area contributed by atoms with Gasteiger partial charge < -0.3 is 28.8 Å². The van der Waals surface area contributed by atoms with Crippen molar-refractivity contribution in [3.05, 3.63) is 0 Å². The Hall–Kier alpha value is -0.500. The van der Waals surface area contributed by atoms with Crippen molar-refractivity contribution in [2.24, 2.45) is 0 Å². The number of rotatable bonds is 39. The largest absolute Gasteiger partial charge is 0.756 e. The quantitative estimate of drug-likeness (QED) is 0.0370. The summed E-state index contributed by atoms with van der Waals surface area (Å²) >= 11 is 0. The lowest BCUT2D eigenvalue weighted by molar-refractivity contribution is -0.870. The number of aliphatic hydroxyl groups excluding tert-OH is 1. The molecule has 0 aliphatic heterocycles. The lowest BCUT2D eigenvalue weighted by atomic mass is 10.0. The number of quaternary nitrogens is 1. The zero-order chi connectivity index (χ0) is 37.2. The Labute approximate surface area is 310 Å². The van der Waals surface area contributed by atoms with Gasteiger partial charge in [0.15, 0.2) is 0 Å². The molecule has 300 valence electrons. The smallest absolute Gasteiger partial charge is 0.268 e. The van der Waals surface area contributed by atoms with E-state index in [0.717, 1.165) is 38.5 Å². The van der Waals surface area contributed by atoms with E-state index in [-0.39, 0.29) is 19.1 Å². The number of aliphatic hydroxyl groups is 1. The second-order valence-corrected chi connectivity index (χ2v) is 17.5. The number of hydrogen-bond acceptors (Lipinski definition) is 6. The van der Waals surface area contributed by atoms with Gasteiger partial charge in [0, 0.05) is 6.42 Å². The van der Waals surface area contributed by atoms with Gasteiger partial charge in [0.05, 0.1) is 39.9 Å². The highest BCUT2D eigenvalue weighted by atomic mass is 31.2. The van der Waals surface area contributed by atoms with Crippen molar-refractivity contribution in [3.63, 3.8) is 0 Å². The van der Waals surface area contributed by atoms with E-state index in [1.807, 2.05) is 21.1 Å². The molecule has 0 rings (SSSR count). The lowest BCUT2D eigenvalue weighted by Crippen LogP contribution is -2.46. The standard InChI is InChI=1S/C41H85N2O6P/c1-6-8-10-12-14-15-16-17-18-19-20-21-22-23-24-25-26-27-28-29-30-32-34-40(44)39(42-41(45)35-33-31-13-11-9-7-2)38-49-50(46,47)48-37-36-43(3,4)5/h39-40,44H,6-38H2,1-5H3,(H-,42,45,46,47). The molecule has 0 aliphatic rings. The van der Waals surface area contributed by atoms with Crippen LogP contribution in [0.2, 0.25) is 0 Å². The second-order valence-electron chi connectivity index (χ2n) is 16.1. The highest BCUT2D eigenvalue weighted by Crippen LogP contribution is 2.38. The Morgan fingerprint density at radius 3 is 1.36 bits per heavy atom. The van der Waals surface area contributed by atoms with Crippen molar-refractivity contribution >= 4 is 13.7 Å². The minimum absolute atomic E-state index is 0.0152. The molecular weight excluding hydrogens is 647 g/mol. The molecule has 50 heavy (non-hydrogen) atoms. The number of likely N-dealkylation sites (N-methyl/N-ethyl adjacent to an activating group) is 1. The van der Waals surface area contributed by atoms with Gasteiger partial charge in [0.2, 0.25) is 5.91 Å². The summed E-state index contributed by atoms with van der Waals surface area (Å²) in [6.45, 7) is 4.66. The van der Waals surface area contributed by atoms with Gasteiger partial charge in [-0.05, 0) is 12.8 Å². The molecule has 3 unspecified atom stereocenters. The summed E-state index contributed by atoms with van der Waals surface area (Å²) in [5, 5.41) is 13.8. The number of hydrogen-bond donors (Lipinski definition) is 2. The fourth-order valence-corrected chi connectivity index (χ4v) is 7.12. The third-order valence-electron chi connectivity index (χ3n) is 9.85. The number of carbonyl (C=O) groups is 1. The molecule has 9 heteroatoms. The molecule has 0 aliphatic carbocycles. The van der Waals surface area contributed by atoms with Crippen molar-refractivity contribution in [3.8, 4) is 0 Å². The first-order chi connectivity index (χ1) is 24.0. The van der Waals surface area contributed by atoms with Crippen LogP contribution < -0.4 is 10.2 Å². The van der Waals surface area contributed by atoms with Crippen molar-refractivity contribution in [2.75, 3.05) is 40.9 Å². The van der Waals surface area contributed by atoms with E-state index >= 15 is 0 Å². The van der Waals surface area contributed by atoms with Crippen LogP contribution >= 0.6 is 7.82 Å². The van der Waals surface area contributed by atoms with Gasteiger partial charge in [-0.15, -0.1) is 0 Å². The monoisotopic (exact) mass is 733 g/mol. The minimum atomic E-state index is -4.54. The first-order valence-electron chi connectivity index (χ1n) is 21.4. The summed E-state index contributed by atoms with van der Waals surface area (Å²) in [5.74, 6) is -0.172. The highest BCUT2D eigenvalue weighted by Gasteiger charge is 2.24. The fourth-order valence-electron chi connectivity index (χ4n) is 6.39. The van der Waals surface area contributed by atoms with Crippen LogP contribution in [0.3, 0.4) is 0 Å². The summed E-state index contributed by atoms with van der Waals surface area (Å²) in [6, 6.07) is -0.790. The maximum absolute atomic E-state index is 12.7. The number of unbranched alkanes of at least 4 members (excludes halogenated alkanes) is 26. The Morgan fingerprint density at radius 2 is 0.980 bits per heavy atom. The number of nitrogens with zero attached hydrogens (tertiary/aromatic N) is 1. The molecule has 0 aromatic rings. The highest BCUT2D eigenvalue weighted by molar-refractivity contribution is 7.45. The molecule has 0 aromatic carbocycles. The zero-order valence-corrected chi connectivity index (χ0v) is 34.8. The molecule has 2 N–H and O–H groups in total. The van der Waals surface area contributed by atoms with Gasteiger partial charge in [-0.2, -0.15) is 0 Å². The zero-order valence-electron chi connectivity index (χ0n) is 33.9. The number of phosphoric ester groups is 1. The third-order valence-corrected chi connectivity index (χ3v) is 10.8. The molecule has 0 saturated heterocycles. The summed E-state index contributed by atoms with van der Waals surface area (Å²) in [6.07, 6.45) is 35.7. The van der Waals surface area contributed by atoms with E-state index in [2.05, 4.69) is 19.2 Å². The second kappa shape index (κ2) is 34.3. The van der Waals surface area contributed by atoms with E-state index in [9.17, 15) is 19.4 Å². The van der Waals surface area contributed by atoms with Crippen molar-refractivity contribution in [2.45, 2.75) is 219 Å². The van der Waals surface area contributed by atoms with Gasteiger partial charge >= 0.3 is 0 Å². The van der Waals surface area contributed by atoms with Crippen LogP contribution in [0.5, 0.6) is 0 Å². The maximum Gasteiger partial charge on any atom is 0.268 e. The molecule has 0 radical (unpaired) electrons. The van der Waals surface area contributed by atoms with Crippen LogP contribution in [0.25, 0.3) is 0 Å². The number of carbonyl (C=O) groups excluding carboxylic acids is 1. The molecule has 0 fully saturated rings. The lowest BCUT2D eigenvalue weighted by Gasteiger charge is -2.30. The third kappa shape index (κ3) is 35.9. The van der Waals surface area contributed by atoms with E-state index in [1.165, 1.54) is 141 Å². The van der Waals surface area contributed by atoms with Crippen molar-refractivity contribution in [1.29, 1.82) is 0 Å². The predicted octanol–water partition coefficient (Wildman–Crippen LogP) is 10.8. The van der Waals surface area contributed by atoms with Crippen molar-refractivity contribution < 1.29 is 32.9 Å². The van der Waals surface area contributed by atoms with Crippen LogP contribution in [0.4, 0.5) is 0 Å². The molecule has 0 bridgehead atoms. The number of phosphoric acid groups is 1. The van der Waals surface area contributed by atoms with Crippen LogP contribution in [0.15, 0.2) is 0 Å². The molecular formula is C41H85N2O6P. The van der Waals surface area contributed by atoms with E-state index < -0.39 is 20.0 Å². The van der Waals surface area contributed by atoms with E-state index in [1.54, 1.807) is 0 Å². The maximum atomic E-state index is 12.7. The van der Waals surface area contributed by atoms with Gasteiger partial charge in [-0.3, -0.25) is 9.36 Å². The van der Waals surface area contributed by atoms with Crippen LogP contribution in [-0.2, 0) is 18.4 Å².